The Morgan fingerprint density at radius 3 is 2.17 bits per heavy atom. The first kappa shape index (κ1) is 21.4. The lowest BCUT2D eigenvalue weighted by atomic mass is 10.2. The van der Waals surface area contributed by atoms with Crippen molar-refractivity contribution in [3.8, 4) is 23.5 Å². The highest BCUT2D eigenvalue weighted by atomic mass is 19.4. The molecule has 1 N–H and O–H groups in total. The van der Waals surface area contributed by atoms with Gasteiger partial charge in [-0.05, 0) is 24.3 Å². The topological polar surface area (TPSA) is 136 Å². The molecule has 0 atom stereocenters. The van der Waals surface area contributed by atoms with Gasteiger partial charge in [-0.1, -0.05) is 5.16 Å². The van der Waals surface area contributed by atoms with Crippen LogP contribution < -0.4 is 5.32 Å². The minimum Gasteiger partial charge on any atom is -0.332 e. The molecule has 2 aromatic rings. The van der Waals surface area contributed by atoms with Gasteiger partial charge in [0.2, 0.25) is 5.82 Å². The molecule has 1 aromatic carbocycles. The summed E-state index contributed by atoms with van der Waals surface area (Å²) in [4.78, 5) is 28.7. The fraction of sp³-hybridized carbons (Fsp3) is 0.294. The van der Waals surface area contributed by atoms with E-state index in [0.29, 0.717) is 0 Å². The standard InChI is InChI=1S/C17H13F3N6O3/c18-17(19,20)16-24-13(25-29-16)11-3-5-12(6-4-11)23-14(27)15(28)26(9-1-7-21)10-2-8-22/h3-6H,1-2,9-10H2,(H,23,27). The molecule has 0 spiro atoms. The fourth-order valence-electron chi connectivity index (χ4n) is 2.17. The Morgan fingerprint density at radius 1 is 1.10 bits per heavy atom. The number of nitrogens with one attached hydrogen (secondary N) is 1. The summed E-state index contributed by atoms with van der Waals surface area (Å²) in [6, 6.07) is 9.08. The Bertz CT molecular complexity index is 939. The number of amides is 2. The third-order valence-corrected chi connectivity index (χ3v) is 3.54. The summed E-state index contributed by atoms with van der Waals surface area (Å²) in [5.41, 5.74) is 0.408. The molecule has 1 aromatic heterocycles. The molecular weight excluding hydrogens is 393 g/mol. The molecular formula is C17H13F3N6O3. The highest BCUT2D eigenvalue weighted by Crippen LogP contribution is 2.29. The van der Waals surface area contributed by atoms with Crippen LogP contribution in [0.1, 0.15) is 18.7 Å². The van der Waals surface area contributed by atoms with Gasteiger partial charge in [-0.3, -0.25) is 9.59 Å². The van der Waals surface area contributed by atoms with Crippen molar-refractivity contribution in [3.05, 3.63) is 30.2 Å². The van der Waals surface area contributed by atoms with Crippen LogP contribution in [0, 0.1) is 22.7 Å². The molecule has 29 heavy (non-hydrogen) atoms. The van der Waals surface area contributed by atoms with Crippen molar-refractivity contribution in [1.29, 1.82) is 10.5 Å². The van der Waals surface area contributed by atoms with Crippen LogP contribution in [-0.2, 0) is 15.8 Å². The van der Waals surface area contributed by atoms with E-state index < -0.39 is 23.9 Å². The molecule has 0 radical (unpaired) electrons. The fourth-order valence-corrected chi connectivity index (χ4v) is 2.17. The average molecular weight is 406 g/mol. The van der Waals surface area contributed by atoms with Gasteiger partial charge in [0.1, 0.15) is 0 Å². The van der Waals surface area contributed by atoms with Crippen LogP contribution in [0.25, 0.3) is 11.4 Å². The molecule has 1 heterocycles. The lowest BCUT2D eigenvalue weighted by Crippen LogP contribution is -2.40. The van der Waals surface area contributed by atoms with E-state index in [1.54, 1.807) is 0 Å². The Kier molecular flexibility index (Phi) is 6.87. The molecule has 9 nitrogen and oxygen atoms in total. The molecule has 150 valence electrons. The first-order valence-electron chi connectivity index (χ1n) is 8.11. The first-order valence-corrected chi connectivity index (χ1v) is 8.11. The minimum atomic E-state index is -4.76. The number of rotatable bonds is 6. The second-order valence-electron chi connectivity index (χ2n) is 5.56. The molecule has 0 saturated carbocycles. The van der Waals surface area contributed by atoms with Crippen molar-refractivity contribution < 1.29 is 27.3 Å². The van der Waals surface area contributed by atoms with Gasteiger partial charge in [0.05, 0.1) is 25.0 Å². The van der Waals surface area contributed by atoms with Crippen LogP contribution >= 0.6 is 0 Å². The minimum absolute atomic E-state index is 0.00272. The van der Waals surface area contributed by atoms with E-state index in [2.05, 4.69) is 20.0 Å². The predicted octanol–water partition coefficient (Wildman–Crippen LogP) is 2.35. The Hall–Kier alpha value is -3.93. The van der Waals surface area contributed by atoms with Gasteiger partial charge in [0.25, 0.3) is 0 Å². The third kappa shape index (κ3) is 5.77. The Balaban J connectivity index is 2.05. The number of anilines is 1. The van der Waals surface area contributed by atoms with E-state index >= 15 is 0 Å². The third-order valence-electron chi connectivity index (χ3n) is 3.54. The van der Waals surface area contributed by atoms with E-state index in [9.17, 15) is 22.8 Å². The monoisotopic (exact) mass is 406 g/mol. The van der Waals surface area contributed by atoms with Crippen LogP contribution in [0.4, 0.5) is 18.9 Å². The van der Waals surface area contributed by atoms with Crippen LogP contribution in [-0.4, -0.2) is 39.9 Å². The Labute approximate surface area is 162 Å². The van der Waals surface area contributed by atoms with E-state index in [-0.39, 0.29) is 43.0 Å². The largest absolute Gasteiger partial charge is 0.471 e. The van der Waals surface area contributed by atoms with Crippen molar-refractivity contribution >= 4 is 17.5 Å². The van der Waals surface area contributed by atoms with Crippen LogP contribution in [0.5, 0.6) is 0 Å². The maximum absolute atomic E-state index is 12.5. The van der Waals surface area contributed by atoms with Crippen molar-refractivity contribution in [2.75, 3.05) is 18.4 Å². The first-order chi connectivity index (χ1) is 13.8. The van der Waals surface area contributed by atoms with Gasteiger partial charge in [-0.25, -0.2) is 0 Å². The number of alkyl halides is 3. The summed E-state index contributed by atoms with van der Waals surface area (Å²) >= 11 is 0. The molecule has 0 saturated heterocycles. The SMILES string of the molecule is N#CCCN(CCC#N)C(=O)C(=O)Nc1ccc(-c2noc(C(F)(F)F)n2)cc1. The number of halogens is 3. The maximum Gasteiger partial charge on any atom is 0.471 e. The quantitative estimate of drug-likeness (QED) is 0.727. The number of nitrogens with zero attached hydrogens (tertiary/aromatic N) is 5. The lowest BCUT2D eigenvalue weighted by Gasteiger charge is -2.19. The summed E-state index contributed by atoms with van der Waals surface area (Å²) in [5.74, 6) is -3.66. The number of hydrogen-bond acceptors (Lipinski definition) is 7. The number of benzene rings is 1. The van der Waals surface area contributed by atoms with Crippen molar-refractivity contribution in [2.24, 2.45) is 0 Å². The number of carbonyl (C=O) groups excluding carboxylic acids is 2. The molecule has 0 aliphatic heterocycles. The number of nitriles is 2. The van der Waals surface area contributed by atoms with Crippen LogP contribution in [0.3, 0.4) is 0 Å². The molecule has 0 bridgehead atoms. The predicted molar refractivity (Wildman–Crippen MR) is 90.4 cm³/mol. The summed E-state index contributed by atoms with van der Waals surface area (Å²) in [6.45, 7) is 0.00543. The van der Waals surface area contributed by atoms with Gasteiger partial charge in [-0.15, -0.1) is 0 Å². The van der Waals surface area contributed by atoms with Gasteiger partial charge in [0, 0.05) is 24.3 Å². The molecule has 2 rings (SSSR count). The normalized spacial score (nSPS) is 10.7. The summed E-state index contributed by atoms with van der Waals surface area (Å²) in [6.07, 6.45) is -4.75. The summed E-state index contributed by atoms with van der Waals surface area (Å²) in [7, 11) is 0. The Morgan fingerprint density at radius 2 is 1.69 bits per heavy atom. The number of carbonyl (C=O) groups is 2. The van der Waals surface area contributed by atoms with Crippen LogP contribution in [0.15, 0.2) is 28.8 Å². The summed E-state index contributed by atoms with van der Waals surface area (Å²) < 4.78 is 41.7. The molecule has 12 heteroatoms. The van der Waals surface area contributed by atoms with Gasteiger partial charge < -0.3 is 14.7 Å². The van der Waals surface area contributed by atoms with Crippen molar-refractivity contribution in [1.82, 2.24) is 15.0 Å². The van der Waals surface area contributed by atoms with Crippen molar-refractivity contribution in [3.63, 3.8) is 0 Å². The highest BCUT2D eigenvalue weighted by Gasteiger charge is 2.38. The number of hydrogen-bond donors (Lipinski definition) is 1. The van der Waals surface area contributed by atoms with Gasteiger partial charge in [-0.2, -0.15) is 28.7 Å². The zero-order valence-corrected chi connectivity index (χ0v) is 14.7. The molecule has 2 amide bonds. The molecule has 0 fully saturated rings. The van der Waals surface area contributed by atoms with Crippen molar-refractivity contribution in [2.45, 2.75) is 19.0 Å². The van der Waals surface area contributed by atoms with E-state index in [1.807, 2.05) is 12.1 Å². The molecule has 0 aliphatic carbocycles. The van der Waals surface area contributed by atoms with E-state index in [0.717, 1.165) is 4.90 Å². The second-order valence-corrected chi connectivity index (χ2v) is 5.56. The van der Waals surface area contributed by atoms with Crippen LogP contribution in [0.2, 0.25) is 0 Å². The average Bonchev–Trinajstić information content (AvgIpc) is 3.19. The lowest BCUT2D eigenvalue weighted by molar-refractivity contribution is -0.159. The smallest absolute Gasteiger partial charge is 0.332 e. The molecule has 0 unspecified atom stereocenters. The molecule has 0 aliphatic rings. The van der Waals surface area contributed by atoms with E-state index in [1.165, 1.54) is 24.3 Å². The zero-order chi connectivity index (χ0) is 21.4. The van der Waals surface area contributed by atoms with Gasteiger partial charge >= 0.3 is 23.9 Å². The van der Waals surface area contributed by atoms with Gasteiger partial charge in [0.15, 0.2) is 0 Å². The zero-order valence-electron chi connectivity index (χ0n) is 14.7. The number of aromatic nitrogens is 2. The van der Waals surface area contributed by atoms with E-state index in [4.69, 9.17) is 10.5 Å². The second kappa shape index (κ2) is 9.32. The highest BCUT2D eigenvalue weighted by molar-refractivity contribution is 6.39. The maximum atomic E-state index is 12.5. The summed E-state index contributed by atoms with van der Waals surface area (Å²) in [5, 5.41) is 22.8.